The summed E-state index contributed by atoms with van der Waals surface area (Å²) in [4.78, 5) is 22.3. The van der Waals surface area contributed by atoms with Crippen molar-refractivity contribution in [3.63, 3.8) is 0 Å². The van der Waals surface area contributed by atoms with E-state index in [1.807, 2.05) is 34.5 Å². The molecule has 1 saturated heterocycles. The predicted octanol–water partition coefficient (Wildman–Crippen LogP) is 2.90. The number of benzene rings is 1. The number of piperazine rings is 1. The van der Waals surface area contributed by atoms with Gasteiger partial charge in [0.25, 0.3) is 5.91 Å². The van der Waals surface area contributed by atoms with E-state index in [0.717, 1.165) is 18.0 Å². The van der Waals surface area contributed by atoms with Crippen molar-refractivity contribution in [2.75, 3.05) is 31.9 Å². The van der Waals surface area contributed by atoms with Crippen LogP contribution in [0.25, 0.3) is 10.7 Å². The zero-order valence-corrected chi connectivity index (χ0v) is 15.9. The first-order chi connectivity index (χ1) is 13.1. The third-order valence-corrected chi connectivity index (χ3v) is 5.75. The Morgan fingerprint density at radius 2 is 1.96 bits per heavy atom. The lowest BCUT2D eigenvalue weighted by molar-refractivity contribution is 0.0552. The minimum atomic E-state index is -0.0156. The van der Waals surface area contributed by atoms with Gasteiger partial charge in [0.2, 0.25) is 11.7 Å². The summed E-state index contributed by atoms with van der Waals surface area (Å²) >= 11 is 1.59. The first kappa shape index (κ1) is 17.7. The minimum Gasteiger partial charge on any atom is -0.398 e. The van der Waals surface area contributed by atoms with Gasteiger partial charge in [-0.05, 0) is 30.5 Å². The second kappa shape index (κ2) is 7.50. The number of nitrogens with zero attached hydrogens (tertiary/aromatic N) is 4. The summed E-state index contributed by atoms with van der Waals surface area (Å²) in [6.45, 7) is 4.83. The van der Waals surface area contributed by atoms with Crippen molar-refractivity contribution < 1.29 is 9.32 Å². The molecule has 1 fully saturated rings. The highest BCUT2D eigenvalue weighted by Gasteiger charge is 2.28. The lowest BCUT2D eigenvalue weighted by atomic mass is 10.1. The van der Waals surface area contributed by atoms with Crippen molar-refractivity contribution >= 4 is 22.9 Å². The van der Waals surface area contributed by atoms with Crippen LogP contribution in [0.2, 0.25) is 0 Å². The second-order valence-corrected chi connectivity index (χ2v) is 7.47. The number of anilines is 1. The molecule has 27 heavy (non-hydrogen) atoms. The number of carbonyl (C=O) groups excluding carboxylic acids is 1. The lowest BCUT2D eigenvalue weighted by Crippen LogP contribution is -2.49. The summed E-state index contributed by atoms with van der Waals surface area (Å²) in [7, 11) is 0. The van der Waals surface area contributed by atoms with Gasteiger partial charge in [-0.15, -0.1) is 11.3 Å². The molecule has 3 heterocycles. The summed E-state index contributed by atoms with van der Waals surface area (Å²) in [6, 6.07) is 11.1. The fraction of sp³-hybridized carbons (Fsp3) is 0.316. The van der Waals surface area contributed by atoms with Gasteiger partial charge in [-0.25, -0.2) is 0 Å². The van der Waals surface area contributed by atoms with E-state index in [-0.39, 0.29) is 11.9 Å². The number of amides is 1. The maximum absolute atomic E-state index is 12.7. The average Bonchev–Trinajstić information content (AvgIpc) is 3.39. The molecule has 2 aromatic heterocycles. The molecule has 1 unspecified atom stereocenters. The molecule has 0 spiro atoms. The molecule has 1 aliphatic rings. The van der Waals surface area contributed by atoms with Gasteiger partial charge < -0.3 is 15.2 Å². The minimum absolute atomic E-state index is 0.00487. The van der Waals surface area contributed by atoms with Gasteiger partial charge in [0.15, 0.2) is 0 Å². The quantitative estimate of drug-likeness (QED) is 0.697. The maximum Gasteiger partial charge on any atom is 0.256 e. The number of aromatic nitrogens is 2. The highest BCUT2D eigenvalue weighted by atomic mass is 32.1. The van der Waals surface area contributed by atoms with Gasteiger partial charge in [0.05, 0.1) is 16.5 Å². The van der Waals surface area contributed by atoms with Gasteiger partial charge in [0.1, 0.15) is 0 Å². The van der Waals surface area contributed by atoms with Crippen LogP contribution in [0.5, 0.6) is 0 Å². The van der Waals surface area contributed by atoms with E-state index in [4.69, 9.17) is 10.3 Å². The molecule has 4 rings (SSSR count). The molecule has 1 aromatic carbocycles. The number of hydrogen-bond acceptors (Lipinski definition) is 7. The van der Waals surface area contributed by atoms with Crippen LogP contribution in [-0.2, 0) is 0 Å². The number of hydrogen-bond donors (Lipinski definition) is 1. The van der Waals surface area contributed by atoms with E-state index in [9.17, 15) is 4.79 Å². The third kappa shape index (κ3) is 3.58. The first-order valence-electron chi connectivity index (χ1n) is 8.89. The Morgan fingerprint density at radius 1 is 1.19 bits per heavy atom. The van der Waals surface area contributed by atoms with E-state index in [1.165, 1.54) is 0 Å². The fourth-order valence-corrected chi connectivity index (χ4v) is 3.89. The summed E-state index contributed by atoms with van der Waals surface area (Å²) < 4.78 is 5.47. The van der Waals surface area contributed by atoms with Crippen molar-refractivity contribution in [3.8, 4) is 10.7 Å². The Hall–Kier alpha value is -2.71. The van der Waals surface area contributed by atoms with Crippen molar-refractivity contribution in [2.45, 2.75) is 13.0 Å². The SMILES string of the molecule is CC(c1nc(-c2cccs2)no1)N1CCN(C(=O)c2ccccc2N)CC1. The smallest absolute Gasteiger partial charge is 0.256 e. The normalized spacial score (nSPS) is 16.4. The summed E-state index contributed by atoms with van der Waals surface area (Å²) in [5, 5.41) is 6.08. The van der Waals surface area contributed by atoms with E-state index in [1.54, 1.807) is 23.5 Å². The predicted molar refractivity (Wildman–Crippen MR) is 104 cm³/mol. The fourth-order valence-electron chi connectivity index (χ4n) is 3.24. The molecule has 1 amide bonds. The van der Waals surface area contributed by atoms with Crippen LogP contribution < -0.4 is 5.73 Å². The second-order valence-electron chi connectivity index (χ2n) is 6.52. The Morgan fingerprint density at radius 3 is 2.67 bits per heavy atom. The molecule has 1 atom stereocenters. The van der Waals surface area contributed by atoms with E-state index in [2.05, 4.69) is 22.0 Å². The zero-order valence-electron chi connectivity index (χ0n) is 15.0. The topological polar surface area (TPSA) is 88.5 Å². The molecule has 0 radical (unpaired) electrons. The Bertz CT molecular complexity index is 916. The van der Waals surface area contributed by atoms with Gasteiger partial charge in [-0.1, -0.05) is 23.4 Å². The Balaban J connectivity index is 1.39. The van der Waals surface area contributed by atoms with Gasteiger partial charge in [-0.2, -0.15) is 4.98 Å². The number of carbonyl (C=O) groups is 1. The average molecular weight is 383 g/mol. The molecule has 0 saturated carbocycles. The molecule has 7 nitrogen and oxygen atoms in total. The van der Waals surface area contributed by atoms with Crippen molar-refractivity contribution in [1.82, 2.24) is 19.9 Å². The van der Waals surface area contributed by atoms with Crippen LogP contribution in [0.1, 0.15) is 29.2 Å². The maximum atomic E-state index is 12.7. The van der Waals surface area contributed by atoms with Crippen LogP contribution >= 0.6 is 11.3 Å². The number of para-hydroxylation sites is 1. The number of thiophene rings is 1. The van der Waals surface area contributed by atoms with Crippen LogP contribution in [0.3, 0.4) is 0 Å². The molecule has 0 aliphatic carbocycles. The van der Waals surface area contributed by atoms with Crippen molar-refractivity contribution in [1.29, 1.82) is 0 Å². The highest BCUT2D eigenvalue weighted by Crippen LogP contribution is 2.26. The molecule has 3 aromatic rings. The van der Waals surface area contributed by atoms with Crippen LogP contribution in [0, 0.1) is 0 Å². The Labute approximate surface area is 161 Å². The first-order valence-corrected chi connectivity index (χ1v) is 9.77. The van der Waals surface area contributed by atoms with Crippen LogP contribution in [-0.4, -0.2) is 52.0 Å². The molecule has 140 valence electrons. The van der Waals surface area contributed by atoms with Gasteiger partial charge >= 0.3 is 0 Å². The van der Waals surface area contributed by atoms with E-state index in [0.29, 0.717) is 36.1 Å². The monoisotopic (exact) mass is 383 g/mol. The molecule has 2 N–H and O–H groups in total. The van der Waals surface area contributed by atoms with Gasteiger partial charge in [0, 0.05) is 31.9 Å². The highest BCUT2D eigenvalue weighted by molar-refractivity contribution is 7.13. The van der Waals surface area contributed by atoms with E-state index >= 15 is 0 Å². The molecular formula is C19H21N5O2S. The van der Waals surface area contributed by atoms with Crippen molar-refractivity contribution in [3.05, 3.63) is 53.2 Å². The lowest BCUT2D eigenvalue weighted by Gasteiger charge is -2.37. The molecule has 8 heteroatoms. The number of nitrogens with two attached hydrogens (primary N) is 1. The summed E-state index contributed by atoms with van der Waals surface area (Å²) in [6.07, 6.45) is 0. The van der Waals surface area contributed by atoms with Crippen molar-refractivity contribution in [2.24, 2.45) is 0 Å². The Kier molecular flexibility index (Phi) is 4.91. The standard InChI is InChI=1S/C19H21N5O2S/c1-13(18-21-17(22-26-18)16-7-4-12-27-16)23-8-10-24(11-9-23)19(25)14-5-2-3-6-15(14)20/h2-7,12-13H,8-11,20H2,1H3. The third-order valence-electron chi connectivity index (χ3n) is 4.88. The zero-order chi connectivity index (χ0) is 18.8. The largest absolute Gasteiger partial charge is 0.398 e. The van der Waals surface area contributed by atoms with Crippen LogP contribution in [0.15, 0.2) is 46.3 Å². The van der Waals surface area contributed by atoms with Crippen LogP contribution in [0.4, 0.5) is 5.69 Å². The van der Waals surface area contributed by atoms with E-state index < -0.39 is 0 Å². The summed E-state index contributed by atoms with van der Waals surface area (Å²) in [5.41, 5.74) is 7.02. The van der Waals surface area contributed by atoms with Gasteiger partial charge in [-0.3, -0.25) is 9.69 Å². The molecular weight excluding hydrogens is 362 g/mol. The molecule has 0 bridgehead atoms. The summed E-state index contributed by atoms with van der Waals surface area (Å²) in [5.74, 6) is 1.21. The number of rotatable bonds is 4. The molecule has 1 aliphatic heterocycles. The number of nitrogen functional groups attached to an aromatic ring is 1.